The molecular formula is C18H20N2O5. The van der Waals surface area contributed by atoms with Crippen LogP contribution in [0.3, 0.4) is 0 Å². The summed E-state index contributed by atoms with van der Waals surface area (Å²) < 4.78 is 10.4. The molecule has 2 rings (SSSR count). The van der Waals surface area contributed by atoms with Gasteiger partial charge in [-0.25, -0.2) is 0 Å². The molecule has 1 heterocycles. The van der Waals surface area contributed by atoms with E-state index in [1.165, 1.54) is 20.4 Å². The molecule has 0 spiro atoms. The fraction of sp³-hybridized carbons (Fsp3) is 0.278. The SMILES string of the molecule is COc1ccc(C(CC(=O)O)NC(=O)c2ccc(C)nc2)cc1OC. The van der Waals surface area contributed by atoms with E-state index < -0.39 is 17.9 Å². The fourth-order valence-electron chi connectivity index (χ4n) is 2.34. The second kappa shape index (κ2) is 8.14. The standard InChI is InChI=1S/C18H20N2O5/c1-11-4-5-13(10-19-11)18(23)20-14(9-17(21)22)12-6-7-15(24-2)16(8-12)25-3/h4-8,10,14H,9H2,1-3H3,(H,20,23)(H,21,22). The zero-order chi connectivity index (χ0) is 18.4. The second-order valence-electron chi connectivity index (χ2n) is 5.43. The smallest absolute Gasteiger partial charge is 0.305 e. The highest BCUT2D eigenvalue weighted by molar-refractivity contribution is 5.94. The molecule has 7 heteroatoms. The summed E-state index contributed by atoms with van der Waals surface area (Å²) in [7, 11) is 3.00. The predicted octanol–water partition coefficient (Wildman–Crippen LogP) is 2.35. The van der Waals surface area contributed by atoms with Gasteiger partial charge in [0.05, 0.1) is 32.2 Å². The van der Waals surface area contributed by atoms with E-state index >= 15 is 0 Å². The van der Waals surface area contributed by atoms with Gasteiger partial charge in [0.1, 0.15) is 0 Å². The molecule has 0 aliphatic heterocycles. The van der Waals surface area contributed by atoms with E-state index in [2.05, 4.69) is 10.3 Å². The van der Waals surface area contributed by atoms with Crippen LogP contribution in [0.15, 0.2) is 36.5 Å². The summed E-state index contributed by atoms with van der Waals surface area (Å²) in [4.78, 5) is 27.7. The number of benzene rings is 1. The van der Waals surface area contributed by atoms with Crippen molar-refractivity contribution in [3.8, 4) is 11.5 Å². The minimum Gasteiger partial charge on any atom is -0.493 e. The summed E-state index contributed by atoms with van der Waals surface area (Å²) in [5.74, 6) is -0.438. The largest absolute Gasteiger partial charge is 0.493 e. The maximum Gasteiger partial charge on any atom is 0.305 e. The number of carboxylic acid groups (broad SMARTS) is 1. The number of methoxy groups -OCH3 is 2. The van der Waals surface area contributed by atoms with Gasteiger partial charge in [0.15, 0.2) is 11.5 Å². The highest BCUT2D eigenvalue weighted by atomic mass is 16.5. The van der Waals surface area contributed by atoms with Crippen molar-refractivity contribution < 1.29 is 24.2 Å². The third-order valence-electron chi connectivity index (χ3n) is 3.67. The Morgan fingerprint density at radius 2 is 1.88 bits per heavy atom. The second-order valence-corrected chi connectivity index (χ2v) is 5.43. The number of hydrogen-bond acceptors (Lipinski definition) is 5. The Labute approximate surface area is 145 Å². The maximum atomic E-state index is 12.4. The lowest BCUT2D eigenvalue weighted by molar-refractivity contribution is -0.137. The molecule has 0 aliphatic rings. The van der Waals surface area contributed by atoms with Crippen molar-refractivity contribution >= 4 is 11.9 Å². The zero-order valence-corrected chi connectivity index (χ0v) is 14.3. The number of ether oxygens (including phenoxy) is 2. The lowest BCUT2D eigenvalue weighted by Crippen LogP contribution is -2.30. The van der Waals surface area contributed by atoms with E-state index in [0.717, 1.165) is 5.69 Å². The molecule has 2 aromatic rings. The summed E-state index contributed by atoms with van der Waals surface area (Å²) in [5.41, 5.74) is 1.76. The van der Waals surface area contributed by atoms with Crippen LogP contribution in [0.5, 0.6) is 11.5 Å². The number of hydrogen-bond donors (Lipinski definition) is 2. The number of carbonyl (C=O) groups is 2. The molecular weight excluding hydrogens is 324 g/mol. The van der Waals surface area contributed by atoms with E-state index in [1.807, 2.05) is 6.92 Å². The molecule has 0 fully saturated rings. The van der Waals surface area contributed by atoms with Gasteiger partial charge in [-0.05, 0) is 36.8 Å². The molecule has 7 nitrogen and oxygen atoms in total. The highest BCUT2D eigenvalue weighted by Crippen LogP contribution is 2.31. The third-order valence-corrected chi connectivity index (χ3v) is 3.67. The van der Waals surface area contributed by atoms with Crippen molar-refractivity contribution in [1.29, 1.82) is 0 Å². The van der Waals surface area contributed by atoms with E-state index in [4.69, 9.17) is 9.47 Å². The molecule has 132 valence electrons. The molecule has 1 aromatic heterocycles. The van der Waals surface area contributed by atoms with Crippen LogP contribution < -0.4 is 14.8 Å². The summed E-state index contributed by atoms with van der Waals surface area (Å²) in [6.45, 7) is 1.82. The topological polar surface area (TPSA) is 97.8 Å². The van der Waals surface area contributed by atoms with Crippen molar-refractivity contribution in [3.05, 3.63) is 53.3 Å². The number of amides is 1. The quantitative estimate of drug-likeness (QED) is 0.800. The maximum absolute atomic E-state index is 12.4. The third kappa shape index (κ3) is 4.69. The lowest BCUT2D eigenvalue weighted by Gasteiger charge is -2.19. The van der Waals surface area contributed by atoms with E-state index in [1.54, 1.807) is 30.3 Å². The molecule has 25 heavy (non-hydrogen) atoms. The van der Waals surface area contributed by atoms with E-state index in [-0.39, 0.29) is 6.42 Å². The number of aryl methyl sites for hydroxylation is 1. The molecule has 1 unspecified atom stereocenters. The molecule has 0 saturated heterocycles. The van der Waals surface area contributed by atoms with Gasteiger partial charge in [0, 0.05) is 11.9 Å². The molecule has 0 radical (unpaired) electrons. The zero-order valence-electron chi connectivity index (χ0n) is 14.3. The van der Waals surface area contributed by atoms with Crippen LogP contribution in [0.2, 0.25) is 0 Å². The molecule has 2 N–H and O–H groups in total. The number of aliphatic carboxylic acids is 1. The first-order valence-corrected chi connectivity index (χ1v) is 7.61. The predicted molar refractivity (Wildman–Crippen MR) is 91.0 cm³/mol. The van der Waals surface area contributed by atoms with Crippen LogP contribution in [0.4, 0.5) is 0 Å². The van der Waals surface area contributed by atoms with Crippen LogP contribution in [0.1, 0.15) is 34.1 Å². The normalized spacial score (nSPS) is 11.5. The molecule has 1 atom stereocenters. The number of carboxylic acids is 1. The molecule has 0 aliphatic carbocycles. The Kier molecular flexibility index (Phi) is 5.94. The van der Waals surface area contributed by atoms with Crippen LogP contribution in [-0.4, -0.2) is 36.2 Å². The average molecular weight is 344 g/mol. The molecule has 1 amide bonds. The Morgan fingerprint density at radius 1 is 1.16 bits per heavy atom. The Bertz CT molecular complexity index is 759. The number of pyridine rings is 1. The Balaban J connectivity index is 2.28. The van der Waals surface area contributed by atoms with Gasteiger partial charge in [-0.2, -0.15) is 0 Å². The van der Waals surface area contributed by atoms with Gasteiger partial charge in [-0.3, -0.25) is 14.6 Å². The number of carbonyl (C=O) groups excluding carboxylic acids is 1. The Morgan fingerprint density at radius 3 is 2.44 bits per heavy atom. The van der Waals surface area contributed by atoms with Gasteiger partial charge < -0.3 is 19.9 Å². The van der Waals surface area contributed by atoms with Crippen LogP contribution in [0.25, 0.3) is 0 Å². The minimum atomic E-state index is -1.03. The number of nitrogens with zero attached hydrogens (tertiary/aromatic N) is 1. The van der Waals surface area contributed by atoms with E-state index in [9.17, 15) is 14.7 Å². The fourth-order valence-corrected chi connectivity index (χ4v) is 2.34. The van der Waals surface area contributed by atoms with Crippen molar-refractivity contribution in [2.75, 3.05) is 14.2 Å². The van der Waals surface area contributed by atoms with Crippen LogP contribution in [-0.2, 0) is 4.79 Å². The van der Waals surface area contributed by atoms with Gasteiger partial charge in [-0.15, -0.1) is 0 Å². The van der Waals surface area contributed by atoms with Crippen molar-refractivity contribution in [2.24, 2.45) is 0 Å². The van der Waals surface area contributed by atoms with Crippen LogP contribution in [0, 0.1) is 6.92 Å². The monoisotopic (exact) mass is 344 g/mol. The first-order valence-electron chi connectivity index (χ1n) is 7.61. The lowest BCUT2D eigenvalue weighted by atomic mass is 10.0. The van der Waals surface area contributed by atoms with Gasteiger partial charge in [0.2, 0.25) is 0 Å². The molecule has 1 aromatic carbocycles. The van der Waals surface area contributed by atoms with Gasteiger partial charge in [0.25, 0.3) is 5.91 Å². The summed E-state index contributed by atoms with van der Waals surface area (Å²) in [6.07, 6.45) is 1.19. The number of aromatic nitrogens is 1. The van der Waals surface area contributed by atoms with Crippen molar-refractivity contribution in [2.45, 2.75) is 19.4 Å². The molecule has 0 saturated carbocycles. The van der Waals surface area contributed by atoms with E-state index in [0.29, 0.717) is 22.6 Å². The van der Waals surface area contributed by atoms with Crippen LogP contribution >= 0.6 is 0 Å². The first-order chi connectivity index (χ1) is 11.9. The highest BCUT2D eigenvalue weighted by Gasteiger charge is 2.20. The first kappa shape index (κ1) is 18.3. The summed E-state index contributed by atoms with van der Waals surface area (Å²) in [6, 6.07) is 7.67. The van der Waals surface area contributed by atoms with Gasteiger partial charge in [-0.1, -0.05) is 6.07 Å². The molecule has 0 bridgehead atoms. The summed E-state index contributed by atoms with van der Waals surface area (Å²) >= 11 is 0. The van der Waals surface area contributed by atoms with Crippen molar-refractivity contribution in [3.63, 3.8) is 0 Å². The number of nitrogens with one attached hydrogen (secondary N) is 1. The van der Waals surface area contributed by atoms with Gasteiger partial charge >= 0.3 is 5.97 Å². The van der Waals surface area contributed by atoms with Crippen molar-refractivity contribution in [1.82, 2.24) is 10.3 Å². The average Bonchev–Trinajstić information content (AvgIpc) is 2.60. The number of rotatable bonds is 7. The summed E-state index contributed by atoms with van der Waals surface area (Å²) in [5, 5.41) is 11.9. The Hall–Kier alpha value is -3.09. The minimum absolute atomic E-state index is 0.263.